The number of hydrogen-bond donors (Lipinski definition) is 4. The summed E-state index contributed by atoms with van der Waals surface area (Å²) in [7, 11) is 1.00. The Morgan fingerprint density at radius 1 is 1.56 bits per heavy atom. The Balaban J connectivity index is 0.00000137. The van der Waals surface area contributed by atoms with E-state index in [4.69, 9.17) is 27.9 Å². The van der Waals surface area contributed by atoms with Gasteiger partial charge in [-0.05, 0) is 6.07 Å². The average Bonchev–Trinajstić information content (AvgIpc) is 2.38. The second kappa shape index (κ2) is 8.21. The predicted molar refractivity (Wildman–Crippen MR) is 70.2 cm³/mol. The summed E-state index contributed by atoms with van der Waals surface area (Å²) in [6.45, 7) is 0.0444. The molecule has 1 aromatic rings. The van der Waals surface area contributed by atoms with Gasteiger partial charge in [0.1, 0.15) is 12.0 Å². The van der Waals surface area contributed by atoms with Gasteiger partial charge in [0.2, 0.25) is 0 Å². The van der Waals surface area contributed by atoms with Crippen molar-refractivity contribution in [3.63, 3.8) is 0 Å². The molecule has 98 valence electrons. The highest BCUT2D eigenvalue weighted by atomic mass is 35.5. The van der Waals surface area contributed by atoms with E-state index in [-0.39, 0.29) is 17.8 Å². The Kier molecular flexibility index (Phi) is 7.34. The van der Waals surface area contributed by atoms with Crippen molar-refractivity contribution >= 4 is 35.2 Å². The van der Waals surface area contributed by atoms with Crippen LogP contribution in [0.25, 0.3) is 0 Å². The SMILES string of the molecule is CO.N=C(C(N)=O)c1cccc(Cl)c1NCC=O. The Morgan fingerprint density at radius 3 is 2.67 bits per heavy atom. The quantitative estimate of drug-likeness (QED) is 0.458. The molecule has 7 heteroatoms. The first-order valence-corrected chi connectivity index (χ1v) is 5.25. The summed E-state index contributed by atoms with van der Waals surface area (Å²) in [5.41, 5.74) is 5.30. The summed E-state index contributed by atoms with van der Waals surface area (Å²) in [4.78, 5) is 21.1. The molecular weight excluding hydrogens is 258 g/mol. The van der Waals surface area contributed by atoms with Crippen molar-refractivity contribution in [3.05, 3.63) is 28.8 Å². The maximum Gasteiger partial charge on any atom is 0.267 e. The van der Waals surface area contributed by atoms with Gasteiger partial charge >= 0.3 is 0 Å². The van der Waals surface area contributed by atoms with Crippen molar-refractivity contribution in [2.75, 3.05) is 19.0 Å². The third kappa shape index (κ3) is 4.15. The highest BCUT2D eigenvalue weighted by Crippen LogP contribution is 2.25. The van der Waals surface area contributed by atoms with Gasteiger partial charge in [0.25, 0.3) is 5.91 Å². The maximum atomic E-state index is 10.9. The molecule has 5 N–H and O–H groups in total. The minimum atomic E-state index is -0.851. The Labute approximate surface area is 109 Å². The molecule has 0 saturated heterocycles. The predicted octanol–water partition coefficient (Wildman–Crippen LogP) is 0.412. The van der Waals surface area contributed by atoms with Crippen LogP contribution in [0.15, 0.2) is 18.2 Å². The van der Waals surface area contributed by atoms with Crippen molar-refractivity contribution in [2.45, 2.75) is 0 Å². The van der Waals surface area contributed by atoms with Crippen molar-refractivity contribution < 1.29 is 14.7 Å². The van der Waals surface area contributed by atoms with Gasteiger partial charge < -0.3 is 21.0 Å². The number of carbonyl (C=O) groups excluding carboxylic acids is 2. The minimum Gasteiger partial charge on any atom is -0.400 e. The number of amides is 1. The molecule has 0 aliphatic heterocycles. The minimum absolute atomic E-state index is 0.0444. The second-order valence-corrected chi connectivity index (χ2v) is 3.36. The summed E-state index contributed by atoms with van der Waals surface area (Å²) >= 11 is 5.89. The summed E-state index contributed by atoms with van der Waals surface area (Å²) < 4.78 is 0. The first kappa shape index (κ1) is 16.1. The van der Waals surface area contributed by atoms with E-state index in [1.165, 1.54) is 6.07 Å². The van der Waals surface area contributed by atoms with Gasteiger partial charge in [-0.1, -0.05) is 23.7 Å². The zero-order valence-electron chi connectivity index (χ0n) is 9.74. The van der Waals surface area contributed by atoms with Crippen molar-refractivity contribution in [1.82, 2.24) is 0 Å². The number of aliphatic hydroxyl groups excluding tert-OH is 1. The van der Waals surface area contributed by atoms with Crippen LogP contribution in [0.5, 0.6) is 0 Å². The lowest BCUT2D eigenvalue weighted by atomic mass is 10.1. The van der Waals surface area contributed by atoms with E-state index >= 15 is 0 Å². The van der Waals surface area contributed by atoms with Crippen molar-refractivity contribution in [3.8, 4) is 0 Å². The number of carbonyl (C=O) groups is 2. The number of anilines is 1. The van der Waals surface area contributed by atoms with Crippen LogP contribution in [0.1, 0.15) is 5.56 Å². The van der Waals surface area contributed by atoms with Crippen LogP contribution in [0.2, 0.25) is 5.02 Å². The van der Waals surface area contributed by atoms with Gasteiger partial charge in [-0.15, -0.1) is 0 Å². The smallest absolute Gasteiger partial charge is 0.267 e. The molecule has 1 aromatic carbocycles. The molecule has 0 saturated carbocycles. The fraction of sp³-hybridized carbons (Fsp3) is 0.182. The molecule has 6 nitrogen and oxygen atoms in total. The van der Waals surface area contributed by atoms with E-state index < -0.39 is 5.91 Å². The number of aldehydes is 1. The fourth-order valence-corrected chi connectivity index (χ4v) is 1.43. The van der Waals surface area contributed by atoms with Gasteiger partial charge in [-0.2, -0.15) is 0 Å². The van der Waals surface area contributed by atoms with E-state index in [0.717, 1.165) is 7.11 Å². The number of aliphatic hydroxyl groups is 1. The summed E-state index contributed by atoms with van der Waals surface area (Å²) in [6, 6.07) is 4.72. The molecule has 0 spiro atoms. The lowest BCUT2D eigenvalue weighted by molar-refractivity contribution is -0.112. The second-order valence-electron chi connectivity index (χ2n) is 2.95. The molecule has 0 aliphatic carbocycles. The molecule has 0 heterocycles. The van der Waals surface area contributed by atoms with E-state index in [0.29, 0.717) is 17.0 Å². The third-order valence-electron chi connectivity index (χ3n) is 1.89. The Hall–Kier alpha value is -1.92. The highest BCUT2D eigenvalue weighted by Gasteiger charge is 2.14. The van der Waals surface area contributed by atoms with Crippen molar-refractivity contribution in [2.24, 2.45) is 5.73 Å². The normalized spacial score (nSPS) is 8.83. The van der Waals surface area contributed by atoms with Crippen LogP contribution >= 0.6 is 11.6 Å². The highest BCUT2D eigenvalue weighted by molar-refractivity contribution is 6.46. The standard InChI is InChI=1S/C10H10ClN3O2.CH4O/c11-7-3-1-2-6(8(12)10(13)16)9(7)14-4-5-15;1-2/h1-3,5,12,14H,4H2,(H2,13,16);2H,1H3. The molecule has 0 fully saturated rings. The number of rotatable bonds is 5. The van der Waals surface area contributed by atoms with Crippen molar-refractivity contribution in [1.29, 1.82) is 5.41 Å². The van der Waals surface area contributed by atoms with Crippen LogP contribution in [0.3, 0.4) is 0 Å². The molecule has 0 bridgehead atoms. The molecule has 0 unspecified atom stereocenters. The van der Waals surface area contributed by atoms with Crippen LogP contribution in [-0.2, 0) is 9.59 Å². The Morgan fingerprint density at radius 2 is 2.17 bits per heavy atom. The molecule has 0 radical (unpaired) electrons. The molecule has 18 heavy (non-hydrogen) atoms. The zero-order valence-corrected chi connectivity index (χ0v) is 10.5. The Bertz CT molecular complexity index is 449. The summed E-state index contributed by atoms with van der Waals surface area (Å²) in [5, 5.41) is 17.5. The average molecular weight is 272 g/mol. The number of nitrogens with two attached hydrogens (primary N) is 1. The first-order valence-electron chi connectivity index (χ1n) is 4.87. The molecule has 0 aromatic heterocycles. The lowest BCUT2D eigenvalue weighted by Crippen LogP contribution is -2.24. The number of hydrogen-bond acceptors (Lipinski definition) is 5. The third-order valence-corrected chi connectivity index (χ3v) is 2.21. The number of benzene rings is 1. The molecule has 1 rings (SSSR count). The first-order chi connectivity index (χ1) is 8.57. The largest absolute Gasteiger partial charge is 0.400 e. The number of primary amides is 1. The van der Waals surface area contributed by atoms with E-state index in [1.54, 1.807) is 12.1 Å². The molecular formula is C11H14ClN3O3. The summed E-state index contributed by atoms with van der Waals surface area (Å²) in [5.74, 6) is -0.851. The van der Waals surface area contributed by atoms with E-state index in [9.17, 15) is 9.59 Å². The van der Waals surface area contributed by atoms with Gasteiger partial charge in [0.15, 0.2) is 0 Å². The van der Waals surface area contributed by atoms with Gasteiger partial charge in [0, 0.05) is 12.7 Å². The van der Waals surface area contributed by atoms with Crippen LogP contribution in [0.4, 0.5) is 5.69 Å². The topological polar surface area (TPSA) is 116 Å². The van der Waals surface area contributed by atoms with Gasteiger partial charge in [0.05, 0.1) is 17.3 Å². The van der Waals surface area contributed by atoms with Gasteiger partial charge in [-0.3, -0.25) is 10.2 Å². The molecule has 0 atom stereocenters. The van der Waals surface area contributed by atoms with E-state index in [2.05, 4.69) is 5.32 Å². The fourth-order valence-electron chi connectivity index (χ4n) is 1.19. The van der Waals surface area contributed by atoms with Crippen LogP contribution in [0, 0.1) is 5.41 Å². The van der Waals surface area contributed by atoms with Gasteiger partial charge in [-0.25, -0.2) is 0 Å². The maximum absolute atomic E-state index is 10.9. The van der Waals surface area contributed by atoms with Crippen LogP contribution < -0.4 is 11.1 Å². The number of halogens is 1. The summed E-state index contributed by atoms with van der Waals surface area (Å²) in [6.07, 6.45) is 0.654. The molecule has 1 amide bonds. The lowest BCUT2D eigenvalue weighted by Gasteiger charge is -2.11. The number of para-hydroxylation sites is 1. The number of nitrogens with one attached hydrogen (secondary N) is 2. The molecule has 0 aliphatic rings. The van der Waals surface area contributed by atoms with Crippen LogP contribution in [-0.4, -0.2) is 36.7 Å². The van der Waals surface area contributed by atoms with E-state index in [1.807, 2.05) is 0 Å². The monoisotopic (exact) mass is 271 g/mol. The zero-order chi connectivity index (χ0) is 14.1.